The van der Waals surface area contributed by atoms with Crippen molar-refractivity contribution in [2.45, 2.75) is 31.8 Å². The number of carbonyl (C=O) groups excluding carboxylic acids is 1. The van der Waals surface area contributed by atoms with E-state index >= 15 is 0 Å². The number of ether oxygens (including phenoxy) is 2. The first-order chi connectivity index (χ1) is 13.3. The van der Waals surface area contributed by atoms with Crippen molar-refractivity contribution < 1.29 is 22.7 Å². The van der Waals surface area contributed by atoms with Gasteiger partial charge in [-0.1, -0.05) is 19.9 Å². The van der Waals surface area contributed by atoms with Crippen LogP contribution in [0.2, 0.25) is 0 Å². The zero-order chi connectivity index (χ0) is 20.7. The minimum atomic E-state index is -3.53. The summed E-state index contributed by atoms with van der Waals surface area (Å²) in [6, 6.07) is 13.1. The summed E-state index contributed by atoms with van der Waals surface area (Å²) < 4.78 is 37.1. The Morgan fingerprint density at radius 1 is 1.07 bits per heavy atom. The van der Waals surface area contributed by atoms with Gasteiger partial charge >= 0.3 is 0 Å². The van der Waals surface area contributed by atoms with E-state index in [1.165, 1.54) is 16.4 Å². The summed E-state index contributed by atoms with van der Waals surface area (Å²) in [4.78, 5) is 12.5. The highest BCUT2D eigenvalue weighted by atomic mass is 32.2. The normalized spacial score (nSPS) is 12.5. The van der Waals surface area contributed by atoms with Crippen LogP contribution in [-0.4, -0.2) is 44.9 Å². The van der Waals surface area contributed by atoms with E-state index in [1.807, 2.05) is 0 Å². The third-order valence-corrected chi connectivity index (χ3v) is 6.25. The number of carbonyl (C=O) groups is 1. The van der Waals surface area contributed by atoms with Gasteiger partial charge in [0.2, 0.25) is 10.0 Å². The van der Waals surface area contributed by atoms with Crippen molar-refractivity contribution in [2.75, 3.05) is 25.5 Å². The average Bonchev–Trinajstić information content (AvgIpc) is 2.69. The zero-order valence-electron chi connectivity index (χ0n) is 16.5. The standard InChI is InChI=1S/C20H26N2O5S/c1-5-22(6-2)28(24,25)19-12-10-16(11-13-19)21-20(23)15(3)27-18-9-7-8-17(14-18)26-4/h7-15H,5-6H2,1-4H3,(H,21,23)/t15-/m1/s1. The van der Waals surface area contributed by atoms with Crippen molar-refractivity contribution in [1.82, 2.24) is 4.31 Å². The molecular formula is C20H26N2O5S. The Bertz CT molecular complexity index is 893. The van der Waals surface area contributed by atoms with Crippen LogP contribution < -0.4 is 14.8 Å². The van der Waals surface area contributed by atoms with Gasteiger partial charge in [-0.25, -0.2) is 8.42 Å². The minimum absolute atomic E-state index is 0.190. The first kappa shape index (κ1) is 21.7. The Kier molecular flexibility index (Phi) is 7.42. The molecule has 0 aliphatic heterocycles. The number of hydrogen-bond donors (Lipinski definition) is 1. The summed E-state index contributed by atoms with van der Waals surface area (Å²) in [6.45, 7) is 6.01. The second-order valence-electron chi connectivity index (χ2n) is 6.04. The molecule has 2 rings (SSSR count). The number of nitrogens with one attached hydrogen (secondary N) is 1. The molecule has 0 radical (unpaired) electrons. The summed E-state index contributed by atoms with van der Waals surface area (Å²) >= 11 is 0. The molecule has 0 aliphatic rings. The molecule has 0 heterocycles. The Labute approximate surface area is 166 Å². The van der Waals surface area contributed by atoms with E-state index in [2.05, 4.69) is 5.32 Å². The molecule has 152 valence electrons. The SMILES string of the molecule is CCN(CC)S(=O)(=O)c1ccc(NC(=O)[C@@H](C)Oc2cccc(OC)c2)cc1. The summed E-state index contributed by atoms with van der Waals surface area (Å²) in [5.74, 6) is 0.806. The van der Waals surface area contributed by atoms with Gasteiger partial charge < -0.3 is 14.8 Å². The Hall–Kier alpha value is -2.58. The van der Waals surface area contributed by atoms with Crippen LogP contribution in [0.1, 0.15) is 20.8 Å². The number of anilines is 1. The summed E-state index contributed by atoms with van der Waals surface area (Å²) in [6.07, 6.45) is -0.744. The number of benzene rings is 2. The van der Waals surface area contributed by atoms with Crippen LogP contribution in [0.25, 0.3) is 0 Å². The maximum Gasteiger partial charge on any atom is 0.265 e. The molecule has 0 aliphatic carbocycles. The monoisotopic (exact) mass is 406 g/mol. The molecule has 1 atom stereocenters. The van der Waals surface area contributed by atoms with Crippen LogP contribution >= 0.6 is 0 Å². The lowest BCUT2D eigenvalue weighted by molar-refractivity contribution is -0.122. The molecule has 28 heavy (non-hydrogen) atoms. The predicted octanol–water partition coefficient (Wildman–Crippen LogP) is 3.13. The zero-order valence-corrected chi connectivity index (χ0v) is 17.3. The lowest BCUT2D eigenvalue weighted by Crippen LogP contribution is -2.31. The van der Waals surface area contributed by atoms with Crippen molar-refractivity contribution >= 4 is 21.6 Å². The molecule has 1 N–H and O–H groups in total. The van der Waals surface area contributed by atoms with Crippen molar-refractivity contribution in [3.05, 3.63) is 48.5 Å². The van der Waals surface area contributed by atoms with Gasteiger partial charge in [-0.05, 0) is 43.3 Å². The molecular weight excluding hydrogens is 380 g/mol. The molecule has 0 saturated carbocycles. The first-order valence-electron chi connectivity index (χ1n) is 9.03. The van der Waals surface area contributed by atoms with Crippen molar-refractivity contribution in [1.29, 1.82) is 0 Å². The van der Waals surface area contributed by atoms with Crippen molar-refractivity contribution in [3.63, 3.8) is 0 Å². The predicted molar refractivity (Wildman–Crippen MR) is 108 cm³/mol. The van der Waals surface area contributed by atoms with Crippen LogP contribution in [0, 0.1) is 0 Å². The third-order valence-electron chi connectivity index (χ3n) is 4.19. The quantitative estimate of drug-likeness (QED) is 0.692. The van der Waals surface area contributed by atoms with Crippen LogP contribution in [0.4, 0.5) is 5.69 Å². The molecule has 0 bridgehead atoms. The minimum Gasteiger partial charge on any atom is -0.497 e. The molecule has 2 aromatic carbocycles. The number of rotatable bonds is 9. The van der Waals surface area contributed by atoms with Gasteiger partial charge in [0.25, 0.3) is 5.91 Å². The van der Waals surface area contributed by atoms with Crippen molar-refractivity contribution in [3.8, 4) is 11.5 Å². The number of hydrogen-bond acceptors (Lipinski definition) is 5. The highest BCUT2D eigenvalue weighted by Crippen LogP contribution is 2.21. The molecule has 0 saturated heterocycles. The fourth-order valence-corrected chi connectivity index (χ4v) is 4.06. The Balaban J connectivity index is 2.03. The number of sulfonamides is 1. The topological polar surface area (TPSA) is 84.9 Å². The van der Waals surface area contributed by atoms with Crippen LogP contribution in [0.5, 0.6) is 11.5 Å². The second kappa shape index (κ2) is 9.57. The van der Waals surface area contributed by atoms with Gasteiger partial charge in [-0.2, -0.15) is 4.31 Å². The fraction of sp³-hybridized carbons (Fsp3) is 0.350. The third kappa shape index (κ3) is 5.24. The Morgan fingerprint density at radius 2 is 1.68 bits per heavy atom. The van der Waals surface area contributed by atoms with E-state index in [1.54, 1.807) is 64.3 Å². The van der Waals surface area contributed by atoms with E-state index < -0.39 is 16.1 Å². The van der Waals surface area contributed by atoms with E-state index in [0.717, 1.165) is 0 Å². The largest absolute Gasteiger partial charge is 0.497 e. The average molecular weight is 407 g/mol. The molecule has 0 fully saturated rings. The van der Waals surface area contributed by atoms with Crippen molar-refractivity contribution in [2.24, 2.45) is 0 Å². The van der Waals surface area contributed by atoms with E-state index in [-0.39, 0.29) is 10.8 Å². The number of amides is 1. The molecule has 1 amide bonds. The van der Waals surface area contributed by atoms with Gasteiger partial charge in [0.15, 0.2) is 6.10 Å². The highest BCUT2D eigenvalue weighted by Gasteiger charge is 2.21. The maximum absolute atomic E-state index is 12.5. The van der Waals surface area contributed by atoms with E-state index in [0.29, 0.717) is 30.3 Å². The number of nitrogens with zero attached hydrogens (tertiary/aromatic N) is 1. The number of methoxy groups -OCH3 is 1. The van der Waals surface area contributed by atoms with Crippen LogP contribution in [0.3, 0.4) is 0 Å². The molecule has 0 spiro atoms. The molecule has 7 nitrogen and oxygen atoms in total. The molecule has 2 aromatic rings. The molecule has 0 aromatic heterocycles. The lowest BCUT2D eigenvalue weighted by atomic mass is 10.3. The maximum atomic E-state index is 12.5. The highest BCUT2D eigenvalue weighted by molar-refractivity contribution is 7.89. The smallest absolute Gasteiger partial charge is 0.265 e. The Morgan fingerprint density at radius 3 is 2.25 bits per heavy atom. The van der Waals surface area contributed by atoms with Crippen LogP contribution in [0.15, 0.2) is 53.4 Å². The van der Waals surface area contributed by atoms with E-state index in [9.17, 15) is 13.2 Å². The summed E-state index contributed by atoms with van der Waals surface area (Å²) in [7, 11) is -1.97. The van der Waals surface area contributed by atoms with Gasteiger partial charge in [-0.3, -0.25) is 4.79 Å². The van der Waals surface area contributed by atoms with Gasteiger partial charge in [0.05, 0.1) is 12.0 Å². The van der Waals surface area contributed by atoms with Gasteiger partial charge in [0.1, 0.15) is 11.5 Å². The fourth-order valence-electron chi connectivity index (χ4n) is 2.60. The molecule has 0 unspecified atom stereocenters. The van der Waals surface area contributed by atoms with Gasteiger partial charge in [-0.15, -0.1) is 0 Å². The first-order valence-corrected chi connectivity index (χ1v) is 10.5. The molecule has 8 heteroatoms. The summed E-state index contributed by atoms with van der Waals surface area (Å²) in [5.41, 5.74) is 0.490. The van der Waals surface area contributed by atoms with E-state index in [4.69, 9.17) is 9.47 Å². The lowest BCUT2D eigenvalue weighted by Gasteiger charge is -2.19. The second-order valence-corrected chi connectivity index (χ2v) is 7.98. The summed E-state index contributed by atoms with van der Waals surface area (Å²) in [5, 5.41) is 2.72. The van der Waals surface area contributed by atoms with Crippen LogP contribution in [-0.2, 0) is 14.8 Å². The van der Waals surface area contributed by atoms with Gasteiger partial charge in [0, 0.05) is 24.8 Å².